The third-order valence-electron chi connectivity index (χ3n) is 11.7. The van der Waals surface area contributed by atoms with Crippen LogP contribution in [0.25, 0.3) is 0 Å². The zero-order valence-corrected chi connectivity index (χ0v) is 44.5. The summed E-state index contributed by atoms with van der Waals surface area (Å²) in [5, 5.41) is 11.8. The molecule has 2 atom stereocenters. The second-order valence-electron chi connectivity index (χ2n) is 19.5. The van der Waals surface area contributed by atoms with Crippen molar-refractivity contribution in [2.24, 2.45) is 0 Å². The van der Waals surface area contributed by atoms with Gasteiger partial charge in [0.2, 0.25) is 0 Å². The van der Waals surface area contributed by atoms with E-state index in [1.165, 1.54) is 103 Å². The standard InChI is InChI=1S/C59H103NO8/c1-6-8-10-12-14-16-18-20-22-24-26-27-28-29-30-31-32-34-36-38-40-42-44-46-48-50-57(62)68-55(54-67-59(58(63)64)65-52-51-60(3,4)5)53-66-56(61)49-47-45-43-41-39-37-35-33-25-23-21-19-17-15-13-11-9-7-2/h8,10,14,16,20,22-23,25-27,29-30,55,59H,6-7,9,11-13,15,17-19,21,24,28,31-54H2,1-5H3/b10-8-,16-14-,22-20-,25-23-,27-26-,30-29-. The van der Waals surface area contributed by atoms with Crippen LogP contribution in [-0.4, -0.2) is 82.3 Å². The lowest BCUT2D eigenvalue weighted by Crippen LogP contribution is -2.44. The van der Waals surface area contributed by atoms with E-state index in [1.807, 2.05) is 21.1 Å². The summed E-state index contributed by atoms with van der Waals surface area (Å²) in [6, 6.07) is 0. The normalized spacial score (nSPS) is 13.4. The molecule has 0 rings (SSSR count). The number of unbranched alkanes of at least 4 members (excludes halogenated alkanes) is 23. The second-order valence-corrected chi connectivity index (χ2v) is 19.5. The molecule has 0 radical (unpaired) electrons. The van der Waals surface area contributed by atoms with Gasteiger partial charge < -0.3 is 33.3 Å². The number of carbonyl (C=O) groups excluding carboxylic acids is 3. The van der Waals surface area contributed by atoms with E-state index < -0.39 is 24.3 Å². The van der Waals surface area contributed by atoms with Crippen molar-refractivity contribution in [3.05, 3.63) is 72.9 Å². The zero-order valence-electron chi connectivity index (χ0n) is 44.5. The average molecular weight is 954 g/mol. The lowest BCUT2D eigenvalue weighted by Gasteiger charge is -2.26. The number of likely N-dealkylation sites (N-methyl/N-ethyl adjacent to an activating group) is 1. The van der Waals surface area contributed by atoms with E-state index in [0.29, 0.717) is 17.4 Å². The van der Waals surface area contributed by atoms with Gasteiger partial charge in [-0.2, -0.15) is 0 Å². The van der Waals surface area contributed by atoms with Gasteiger partial charge in [0.25, 0.3) is 0 Å². The topological polar surface area (TPSA) is 111 Å². The summed E-state index contributed by atoms with van der Waals surface area (Å²) in [6.45, 7) is 4.62. The average Bonchev–Trinajstić information content (AvgIpc) is 3.30. The Bertz CT molecular complexity index is 1340. The highest BCUT2D eigenvalue weighted by Crippen LogP contribution is 2.15. The van der Waals surface area contributed by atoms with Crippen molar-refractivity contribution in [2.45, 2.75) is 238 Å². The number of esters is 2. The van der Waals surface area contributed by atoms with Crippen molar-refractivity contribution in [1.29, 1.82) is 0 Å². The van der Waals surface area contributed by atoms with E-state index in [9.17, 15) is 19.5 Å². The van der Waals surface area contributed by atoms with Crippen LogP contribution in [0.4, 0.5) is 0 Å². The summed E-state index contributed by atoms with van der Waals surface area (Å²) in [5.41, 5.74) is 0. The number of rotatable bonds is 50. The predicted molar refractivity (Wildman–Crippen MR) is 283 cm³/mol. The van der Waals surface area contributed by atoms with Crippen LogP contribution in [0.5, 0.6) is 0 Å². The quantitative estimate of drug-likeness (QED) is 0.0195. The molecule has 0 aliphatic carbocycles. The van der Waals surface area contributed by atoms with Gasteiger partial charge in [0.1, 0.15) is 13.2 Å². The van der Waals surface area contributed by atoms with Gasteiger partial charge in [-0.15, -0.1) is 0 Å². The Morgan fingerprint density at radius 2 is 0.838 bits per heavy atom. The van der Waals surface area contributed by atoms with Crippen molar-refractivity contribution in [3.8, 4) is 0 Å². The molecule has 0 N–H and O–H groups in total. The SMILES string of the molecule is CC/C=C\C/C=C\C/C=C\C/C=C\C/C=C\CCCCCCCCCCCC(=O)OC(COC(=O)CCCCCCCCC/C=C\CCCCCCCCC)COC(OCC[N+](C)(C)C)C(=O)[O-]. The fourth-order valence-corrected chi connectivity index (χ4v) is 7.44. The van der Waals surface area contributed by atoms with Crippen LogP contribution >= 0.6 is 0 Å². The van der Waals surface area contributed by atoms with Gasteiger partial charge in [-0.1, -0.05) is 202 Å². The number of quaternary nitrogens is 1. The maximum Gasteiger partial charge on any atom is 0.306 e. The molecule has 0 spiro atoms. The molecular weight excluding hydrogens is 851 g/mol. The molecule has 9 nitrogen and oxygen atoms in total. The van der Waals surface area contributed by atoms with E-state index in [-0.39, 0.29) is 38.6 Å². The first kappa shape index (κ1) is 64.7. The second kappa shape index (κ2) is 50.1. The highest BCUT2D eigenvalue weighted by Gasteiger charge is 2.22. The lowest BCUT2D eigenvalue weighted by molar-refractivity contribution is -0.870. The molecule has 0 bridgehead atoms. The summed E-state index contributed by atoms with van der Waals surface area (Å²) in [6.07, 6.45) is 60.8. The summed E-state index contributed by atoms with van der Waals surface area (Å²) in [7, 11) is 5.91. The van der Waals surface area contributed by atoms with Crippen LogP contribution in [-0.2, 0) is 33.3 Å². The number of carboxylic acid groups (broad SMARTS) is 1. The Balaban J connectivity index is 4.31. The maximum atomic E-state index is 12.8. The van der Waals surface area contributed by atoms with Crippen molar-refractivity contribution in [3.63, 3.8) is 0 Å². The molecule has 0 saturated carbocycles. The highest BCUT2D eigenvalue weighted by molar-refractivity contribution is 5.70. The van der Waals surface area contributed by atoms with Crippen molar-refractivity contribution < 1.29 is 42.9 Å². The van der Waals surface area contributed by atoms with Crippen molar-refractivity contribution in [1.82, 2.24) is 0 Å². The van der Waals surface area contributed by atoms with E-state index >= 15 is 0 Å². The van der Waals surface area contributed by atoms with Gasteiger partial charge in [-0.05, 0) is 83.5 Å². The largest absolute Gasteiger partial charge is 0.545 e. The number of carboxylic acids is 1. The van der Waals surface area contributed by atoms with Crippen LogP contribution in [0, 0.1) is 0 Å². The van der Waals surface area contributed by atoms with Crippen molar-refractivity contribution in [2.75, 3.05) is 47.5 Å². The van der Waals surface area contributed by atoms with Crippen LogP contribution < -0.4 is 5.11 Å². The molecular formula is C59H103NO8. The van der Waals surface area contributed by atoms with E-state index in [2.05, 4.69) is 86.8 Å². The monoisotopic (exact) mass is 954 g/mol. The molecule has 0 aromatic heterocycles. The third-order valence-corrected chi connectivity index (χ3v) is 11.7. The molecule has 0 saturated heterocycles. The Morgan fingerprint density at radius 3 is 1.26 bits per heavy atom. The van der Waals surface area contributed by atoms with Crippen LogP contribution in [0.3, 0.4) is 0 Å². The number of carbonyl (C=O) groups is 3. The van der Waals surface area contributed by atoms with Crippen LogP contribution in [0.15, 0.2) is 72.9 Å². The molecule has 0 aromatic rings. The van der Waals surface area contributed by atoms with E-state index in [1.54, 1.807) is 0 Å². The molecule has 68 heavy (non-hydrogen) atoms. The van der Waals surface area contributed by atoms with Crippen LogP contribution in [0.1, 0.15) is 226 Å². The summed E-state index contributed by atoms with van der Waals surface area (Å²) in [5.74, 6) is -2.30. The minimum Gasteiger partial charge on any atom is -0.545 e. The molecule has 0 fully saturated rings. The van der Waals surface area contributed by atoms with Gasteiger partial charge in [-0.25, -0.2) is 0 Å². The molecule has 0 aromatic carbocycles. The third kappa shape index (κ3) is 50.6. The van der Waals surface area contributed by atoms with Gasteiger partial charge in [0.15, 0.2) is 12.4 Å². The first-order valence-corrected chi connectivity index (χ1v) is 27.6. The number of hydrogen-bond donors (Lipinski definition) is 0. The fraction of sp³-hybridized carbons (Fsp3) is 0.746. The Labute approximate surface area is 417 Å². The fourth-order valence-electron chi connectivity index (χ4n) is 7.44. The van der Waals surface area contributed by atoms with Gasteiger partial charge >= 0.3 is 11.9 Å². The van der Waals surface area contributed by atoms with E-state index in [0.717, 1.165) is 89.9 Å². The molecule has 0 aliphatic rings. The highest BCUT2D eigenvalue weighted by atomic mass is 16.7. The minimum absolute atomic E-state index is 0.143. The molecule has 0 amide bonds. The molecule has 2 unspecified atom stereocenters. The van der Waals surface area contributed by atoms with Crippen molar-refractivity contribution >= 4 is 17.9 Å². The Morgan fingerprint density at radius 1 is 0.456 bits per heavy atom. The van der Waals surface area contributed by atoms with Crippen LogP contribution in [0.2, 0.25) is 0 Å². The van der Waals surface area contributed by atoms with Gasteiger partial charge in [-0.3, -0.25) is 9.59 Å². The van der Waals surface area contributed by atoms with E-state index in [4.69, 9.17) is 18.9 Å². The predicted octanol–water partition coefficient (Wildman–Crippen LogP) is 14.5. The summed E-state index contributed by atoms with van der Waals surface area (Å²) >= 11 is 0. The smallest absolute Gasteiger partial charge is 0.306 e. The minimum atomic E-state index is -1.63. The Hall–Kier alpha value is -3.27. The summed E-state index contributed by atoms with van der Waals surface area (Å²) < 4.78 is 22.7. The van der Waals surface area contributed by atoms with Gasteiger partial charge in [0.05, 0.1) is 40.3 Å². The molecule has 9 heteroatoms. The first-order chi connectivity index (χ1) is 33.1. The number of hydrogen-bond acceptors (Lipinski definition) is 8. The first-order valence-electron chi connectivity index (χ1n) is 27.6. The zero-order chi connectivity index (χ0) is 49.9. The molecule has 0 heterocycles. The Kier molecular flexibility index (Phi) is 47.7. The molecule has 392 valence electrons. The number of aliphatic carboxylic acids is 1. The summed E-state index contributed by atoms with van der Waals surface area (Å²) in [4.78, 5) is 37.2. The molecule has 0 aliphatic heterocycles. The number of allylic oxidation sites excluding steroid dienone is 12. The number of nitrogens with zero attached hydrogens (tertiary/aromatic N) is 1. The lowest BCUT2D eigenvalue weighted by atomic mass is 10.1. The maximum absolute atomic E-state index is 12.8. The van der Waals surface area contributed by atoms with Gasteiger partial charge in [0, 0.05) is 12.8 Å². The number of ether oxygens (including phenoxy) is 4.